The molecule has 2 N–H and O–H groups in total. The van der Waals surface area contributed by atoms with Gasteiger partial charge in [-0.3, -0.25) is 0 Å². The van der Waals surface area contributed by atoms with E-state index in [0.717, 1.165) is 47.1 Å². The number of hydrogen-bond acceptors (Lipinski definition) is 1. The zero-order chi connectivity index (χ0) is 21.8. The molecule has 0 aliphatic heterocycles. The van der Waals surface area contributed by atoms with E-state index in [1.54, 1.807) is 12.1 Å². The zero-order valence-electron chi connectivity index (χ0n) is 17.7. The summed E-state index contributed by atoms with van der Waals surface area (Å²) in [5, 5.41) is 4.70. The first-order valence-corrected chi connectivity index (χ1v) is 11.1. The van der Waals surface area contributed by atoms with Gasteiger partial charge in [0.25, 0.3) is 0 Å². The van der Waals surface area contributed by atoms with E-state index in [4.69, 9.17) is 0 Å². The van der Waals surface area contributed by atoms with Crippen LogP contribution < -0.4 is 5.32 Å². The fourth-order valence-corrected chi connectivity index (χ4v) is 4.51. The summed E-state index contributed by atoms with van der Waals surface area (Å²) in [4.78, 5) is 3.33. The number of rotatable bonds is 7. The van der Waals surface area contributed by atoms with Crippen molar-refractivity contribution < 1.29 is 13.2 Å². The maximum atomic E-state index is 12.7. The molecule has 2 aromatic carbocycles. The van der Waals surface area contributed by atoms with Gasteiger partial charge >= 0.3 is 6.18 Å². The predicted octanol–water partition coefficient (Wildman–Crippen LogP) is 7.87. The minimum absolute atomic E-state index is 0.547. The lowest BCUT2D eigenvalue weighted by molar-refractivity contribution is -0.137. The van der Waals surface area contributed by atoms with Crippen LogP contribution in [-0.2, 0) is 19.0 Å². The number of aryl methyl sites for hydroxylation is 2. The lowest BCUT2D eigenvalue weighted by Gasteiger charge is -2.24. The molecule has 0 radical (unpaired) electrons. The highest BCUT2D eigenvalue weighted by Gasteiger charge is 2.29. The van der Waals surface area contributed by atoms with E-state index in [9.17, 15) is 13.2 Å². The molecule has 1 heterocycles. The summed E-state index contributed by atoms with van der Waals surface area (Å²) in [7, 11) is 0. The zero-order valence-corrected chi connectivity index (χ0v) is 17.7. The van der Waals surface area contributed by atoms with Gasteiger partial charge in [0.2, 0.25) is 0 Å². The van der Waals surface area contributed by atoms with Crippen molar-refractivity contribution in [1.29, 1.82) is 0 Å². The van der Waals surface area contributed by atoms with E-state index in [1.807, 2.05) is 6.20 Å². The van der Waals surface area contributed by atoms with Crippen LogP contribution in [0.15, 0.2) is 60.9 Å². The Morgan fingerprint density at radius 1 is 0.968 bits per heavy atom. The average Bonchev–Trinajstić information content (AvgIpc) is 3.16. The monoisotopic (exact) mass is 426 g/mol. The van der Waals surface area contributed by atoms with Crippen molar-refractivity contribution in [1.82, 2.24) is 4.98 Å². The number of benzene rings is 2. The number of hydrogen-bond donors (Lipinski definition) is 2. The van der Waals surface area contributed by atoms with Crippen molar-refractivity contribution in [3.05, 3.63) is 77.6 Å². The van der Waals surface area contributed by atoms with Gasteiger partial charge in [0.05, 0.1) is 11.3 Å². The summed E-state index contributed by atoms with van der Waals surface area (Å²) in [5.74, 6) is 0.547. The maximum absolute atomic E-state index is 12.7. The number of halogens is 3. The van der Waals surface area contributed by atoms with Gasteiger partial charge in [0, 0.05) is 22.8 Å². The molecule has 5 heteroatoms. The minimum atomic E-state index is -4.28. The largest absolute Gasteiger partial charge is 0.416 e. The molecular formula is C26H29F3N2. The molecule has 0 atom stereocenters. The van der Waals surface area contributed by atoms with E-state index in [2.05, 4.69) is 35.1 Å². The van der Waals surface area contributed by atoms with Crippen molar-refractivity contribution in [2.75, 3.05) is 5.32 Å². The molecule has 1 saturated carbocycles. The molecular weight excluding hydrogens is 397 g/mol. The standard InChI is InChI=1S/C26H29F3N2/c1-18(21-8-3-2-4-9-21)31-25-17-30-24-15-12-20(16-23(24)25)7-5-6-19-10-13-22(14-11-19)26(27,28)29/h10-17,21,30-31H,1-9H2. The lowest BCUT2D eigenvalue weighted by atomic mass is 9.87. The predicted molar refractivity (Wildman–Crippen MR) is 121 cm³/mol. The Morgan fingerprint density at radius 2 is 1.65 bits per heavy atom. The van der Waals surface area contributed by atoms with Crippen LogP contribution in [0.2, 0.25) is 0 Å². The third kappa shape index (κ3) is 5.33. The van der Waals surface area contributed by atoms with Crippen LogP contribution >= 0.6 is 0 Å². The number of anilines is 1. The van der Waals surface area contributed by atoms with E-state index >= 15 is 0 Å². The lowest BCUT2D eigenvalue weighted by Crippen LogP contribution is -2.14. The Hall–Kier alpha value is -2.69. The molecule has 3 aromatic rings. The van der Waals surface area contributed by atoms with Crippen LogP contribution in [0.1, 0.15) is 55.2 Å². The van der Waals surface area contributed by atoms with Crippen LogP contribution in [0.4, 0.5) is 18.9 Å². The van der Waals surface area contributed by atoms with Gasteiger partial charge < -0.3 is 10.3 Å². The third-order valence-electron chi connectivity index (χ3n) is 6.35. The molecule has 1 aliphatic rings. The first-order chi connectivity index (χ1) is 14.9. The molecule has 0 saturated heterocycles. The molecule has 2 nitrogen and oxygen atoms in total. The number of alkyl halides is 3. The summed E-state index contributed by atoms with van der Waals surface area (Å²) < 4.78 is 38.1. The number of H-pyrrole nitrogens is 1. The van der Waals surface area contributed by atoms with Gasteiger partial charge in [-0.25, -0.2) is 0 Å². The fraction of sp³-hybridized carbons (Fsp3) is 0.385. The molecule has 0 bridgehead atoms. The second-order valence-electron chi connectivity index (χ2n) is 8.62. The second kappa shape index (κ2) is 9.21. The highest BCUT2D eigenvalue weighted by molar-refractivity contribution is 5.93. The van der Waals surface area contributed by atoms with Gasteiger partial charge in [-0.05, 0) is 73.4 Å². The van der Waals surface area contributed by atoms with Crippen LogP contribution in [-0.4, -0.2) is 4.98 Å². The quantitative estimate of drug-likeness (QED) is 0.395. The Kier molecular flexibility index (Phi) is 6.40. The Morgan fingerprint density at radius 3 is 2.35 bits per heavy atom. The first kappa shape index (κ1) is 21.5. The number of nitrogens with one attached hydrogen (secondary N) is 2. The van der Waals surface area contributed by atoms with Gasteiger partial charge in [0.1, 0.15) is 0 Å². The Balaban J connectivity index is 1.37. The minimum Gasteiger partial charge on any atom is -0.359 e. The summed E-state index contributed by atoms with van der Waals surface area (Å²) in [6.07, 6.45) is 6.56. The van der Waals surface area contributed by atoms with Gasteiger partial charge in [-0.1, -0.05) is 44.0 Å². The van der Waals surface area contributed by atoms with Crippen LogP contribution in [0.25, 0.3) is 10.9 Å². The molecule has 1 fully saturated rings. The van der Waals surface area contributed by atoms with Gasteiger partial charge in [0.15, 0.2) is 0 Å². The van der Waals surface area contributed by atoms with Crippen molar-refractivity contribution >= 4 is 16.6 Å². The number of aromatic nitrogens is 1. The molecule has 0 unspecified atom stereocenters. The Labute approximate surface area is 181 Å². The topological polar surface area (TPSA) is 27.8 Å². The molecule has 4 rings (SSSR count). The fourth-order valence-electron chi connectivity index (χ4n) is 4.51. The van der Waals surface area contributed by atoms with E-state index in [-0.39, 0.29) is 0 Å². The second-order valence-corrected chi connectivity index (χ2v) is 8.62. The third-order valence-corrected chi connectivity index (χ3v) is 6.35. The molecule has 0 amide bonds. The molecule has 1 aromatic heterocycles. The van der Waals surface area contributed by atoms with E-state index in [1.165, 1.54) is 49.8 Å². The van der Waals surface area contributed by atoms with E-state index < -0.39 is 11.7 Å². The van der Waals surface area contributed by atoms with Crippen LogP contribution in [0.5, 0.6) is 0 Å². The van der Waals surface area contributed by atoms with Crippen molar-refractivity contribution in [3.63, 3.8) is 0 Å². The number of aromatic amines is 1. The molecule has 31 heavy (non-hydrogen) atoms. The Bertz CT molecular complexity index is 1020. The normalized spacial score (nSPS) is 15.3. The highest BCUT2D eigenvalue weighted by Crippen LogP contribution is 2.32. The summed E-state index contributed by atoms with van der Waals surface area (Å²) in [6.45, 7) is 4.29. The smallest absolute Gasteiger partial charge is 0.359 e. The summed E-state index contributed by atoms with van der Waals surface area (Å²) >= 11 is 0. The van der Waals surface area contributed by atoms with E-state index in [0.29, 0.717) is 5.92 Å². The summed E-state index contributed by atoms with van der Waals surface area (Å²) in [5.41, 5.74) is 4.82. The van der Waals surface area contributed by atoms with Crippen molar-refractivity contribution in [3.8, 4) is 0 Å². The first-order valence-electron chi connectivity index (χ1n) is 11.1. The number of fused-ring (bicyclic) bond motifs is 1. The van der Waals surface area contributed by atoms with Crippen molar-refractivity contribution in [2.45, 2.75) is 57.5 Å². The van der Waals surface area contributed by atoms with Crippen LogP contribution in [0.3, 0.4) is 0 Å². The average molecular weight is 427 g/mol. The summed E-state index contributed by atoms with van der Waals surface area (Å²) in [6, 6.07) is 11.9. The van der Waals surface area contributed by atoms with Gasteiger partial charge in [-0.15, -0.1) is 0 Å². The molecule has 0 spiro atoms. The highest BCUT2D eigenvalue weighted by atomic mass is 19.4. The SMILES string of the molecule is C=C(Nc1c[nH]c2ccc(CCCc3ccc(C(F)(F)F)cc3)cc12)C1CCCCC1. The number of allylic oxidation sites excluding steroid dienone is 1. The van der Waals surface area contributed by atoms with Crippen molar-refractivity contribution in [2.24, 2.45) is 5.92 Å². The maximum Gasteiger partial charge on any atom is 0.416 e. The van der Waals surface area contributed by atoms with Gasteiger partial charge in [-0.2, -0.15) is 13.2 Å². The van der Waals surface area contributed by atoms with Crippen LogP contribution in [0, 0.1) is 5.92 Å². The molecule has 164 valence electrons. The molecule has 1 aliphatic carbocycles.